The number of imide groups is 1. The van der Waals surface area contributed by atoms with Crippen molar-refractivity contribution in [2.45, 2.75) is 18.6 Å². The molecule has 8 nitrogen and oxygen atoms in total. The van der Waals surface area contributed by atoms with E-state index in [0.29, 0.717) is 23.0 Å². The first kappa shape index (κ1) is 18.2. The average Bonchev–Trinajstić information content (AvgIpc) is 3.22. The van der Waals surface area contributed by atoms with Crippen LogP contribution in [0.15, 0.2) is 52.8 Å². The third-order valence-corrected chi connectivity index (χ3v) is 5.05. The van der Waals surface area contributed by atoms with Gasteiger partial charge >= 0.3 is 0 Å². The van der Waals surface area contributed by atoms with Gasteiger partial charge in [-0.15, -0.1) is 0 Å². The fourth-order valence-electron chi connectivity index (χ4n) is 3.32. The molecule has 0 saturated carbocycles. The molecule has 0 radical (unpaired) electrons. The number of benzene rings is 2. The number of methoxy groups -OCH3 is 2. The van der Waals surface area contributed by atoms with E-state index in [1.54, 1.807) is 19.2 Å². The van der Waals surface area contributed by atoms with Gasteiger partial charge in [-0.25, -0.2) is 4.90 Å². The molecule has 144 valence electrons. The fourth-order valence-corrected chi connectivity index (χ4v) is 3.57. The highest BCUT2D eigenvalue weighted by Crippen LogP contribution is 2.35. The Morgan fingerprint density at radius 2 is 1.79 bits per heavy atom. The largest absolute Gasteiger partial charge is 0.497 e. The van der Waals surface area contributed by atoms with Gasteiger partial charge in [0, 0.05) is 0 Å². The molecule has 1 fully saturated rings. The van der Waals surface area contributed by atoms with Crippen LogP contribution >= 0.6 is 11.6 Å². The summed E-state index contributed by atoms with van der Waals surface area (Å²) >= 11 is 6.15. The van der Waals surface area contributed by atoms with Crippen LogP contribution in [0.4, 0.5) is 5.69 Å². The number of halogens is 1. The van der Waals surface area contributed by atoms with E-state index in [4.69, 9.17) is 21.1 Å². The summed E-state index contributed by atoms with van der Waals surface area (Å²) in [5.74, 6) is 0.400. The number of carbonyl (C=O) groups is 2. The molecule has 2 atom stereocenters. The lowest BCUT2D eigenvalue weighted by Gasteiger charge is -2.21. The van der Waals surface area contributed by atoms with Crippen LogP contribution in [-0.2, 0) is 16.1 Å². The Bertz CT molecular complexity index is 963. The molecule has 0 spiro atoms. The molecule has 2 heterocycles. The normalized spacial score (nSPS) is 20.7. The third kappa shape index (κ3) is 2.95. The minimum atomic E-state index is -0.855. The van der Waals surface area contributed by atoms with Crippen LogP contribution in [0.3, 0.4) is 0 Å². The second-order valence-corrected chi connectivity index (χ2v) is 6.78. The summed E-state index contributed by atoms with van der Waals surface area (Å²) in [4.78, 5) is 26.9. The maximum atomic E-state index is 13.0. The molecular formula is C19H17ClN4O4. The monoisotopic (exact) mass is 400 g/mol. The highest BCUT2D eigenvalue weighted by atomic mass is 35.5. The number of carbonyl (C=O) groups excluding carboxylic acids is 2. The summed E-state index contributed by atoms with van der Waals surface area (Å²) in [7, 11) is 3.09. The van der Waals surface area contributed by atoms with Crippen molar-refractivity contribution in [2.24, 2.45) is 10.3 Å². The molecule has 0 aromatic heterocycles. The Balaban J connectivity index is 1.57. The first-order valence-corrected chi connectivity index (χ1v) is 8.93. The summed E-state index contributed by atoms with van der Waals surface area (Å²) in [6.07, 6.45) is 0. The molecule has 2 aliphatic rings. The molecule has 2 unspecified atom stereocenters. The van der Waals surface area contributed by atoms with Gasteiger partial charge in [-0.05, 0) is 35.9 Å². The lowest BCUT2D eigenvalue weighted by molar-refractivity contribution is -0.123. The van der Waals surface area contributed by atoms with Gasteiger partial charge in [-0.1, -0.05) is 29.0 Å². The quantitative estimate of drug-likeness (QED) is 0.720. The van der Waals surface area contributed by atoms with Crippen LogP contribution in [0.5, 0.6) is 11.5 Å². The molecule has 0 aliphatic carbocycles. The van der Waals surface area contributed by atoms with Gasteiger partial charge in [0.25, 0.3) is 11.8 Å². The molecule has 28 heavy (non-hydrogen) atoms. The SMILES string of the molecule is COc1ccc(CN2N=NC3C(=O)N(c4ccc(OC)c(Cl)c4)C(=O)C32)cc1. The Hall–Kier alpha value is -3.13. The molecule has 9 heteroatoms. The molecule has 0 bridgehead atoms. The summed E-state index contributed by atoms with van der Waals surface area (Å²) in [6.45, 7) is 0.352. The van der Waals surface area contributed by atoms with Crippen molar-refractivity contribution in [2.75, 3.05) is 19.1 Å². The average molecular weight is 401 g/mol. The second-order valence-electron chi connectivity index (χ2n) is 6.37. The van der Waals surface area contributed by atoms with E-state index in [1.165, 1.54) is 18.2 Å². The first-order valence-electron chi connectivity index (χ1n) is 8.55. The van der Waals surface area contributed by atoms with Crippen LogP contribution in [-0.4, -0.2) is 43.1 Å². The van der Waals surface area contributed by atoms with Crippen molar-refractivity contribution >= 4 is 29.1 Å². The van der Waals surface area contributed by atoms with E-state index in [0.717, 1.165) is 16.2 Å². The summed E-state index contributed by atoms with van der Waals surface area (Å²) in [5, 5.41) is 9.93. The van der Waals surface area contributed by atoms with E-state index in [-0.39, 0.29) is 5.91 Å². The van der Waals surface area contributed by atoms with E-state index in [1.807, 2.05) is 24.3 Å². The van der Waals surface area contributed by atoms with Crippen LogP contribution < -0.4 is 14.4 Å². The predicted molar refractivity (Wildman–Crippen MR) is 101 cm³/mol. The number of nitrogens with zero attached hydrogens (tertiary/aromatic N) is 4. The van der Waals surface area contributed by atoms with E-state index < -0.39 is 18.0 Å². The maximum absolute atomic E-state index is 13.0. The van der Waals surface area contributed by atoms with Crippen LogP contribution in [0.2, 0.25) is 5.02 Å². The van der Waals surface area contributed by atoms with Crippen LogP contribution in [0.25, 0.3) is 0 Å². The molecule has 1 saturated heterocycles. The van der Waals surface area contributed by atoms with Gasteiger partial charge in [0.15, 0.2) is 12.1 Å². The Morgan fingerprint density at radius 1 is 1.04 bits per heavy atom. The van der Waals surface area contributed by atoms with E-state index in [2.05, 4.69) is 10.3 Å². The van der Waals surface area contributed by atoms with Gasteiger partial charge in [-0.2, -0.15) is 5.11 Å². The first-order chi connectivity index (χ1) is 13.5. The molecule has 2 aliphatic heterocycles. The number of rotatable bonds is 5. The third-order valence-electron chi connectivity index (χ3n) is 4.76. The van der Waals surface area contributed by atoms with Crippen molar-refractivity contribution in [1.29, 1.82) is 0 Å². The van der Waals surface area contributed by atoms with Gasteiger partial charge in [0.05, 0.1) is 31.5 Å². The molecule has 2 aromatic carbocycles. The van der Waals surface area contributed by atoms with Crippen molar-refractivity contribution < 1.29 is 19.1 Å². The minimum absolute atomic E-state index is 0.314. The van der Waals surface area contributed by atoms with Crippen molar-refractivity contribution in [3.8, 4) is 11.5 Å². The zero-order valence-electron chi connectivity index (χ0n) is 15.2. The highest BCUT2D eigenvalue weighted by Gasteiger charge is 2.54. The summed E-state index contributed by atoms with van der Waals surface area (Å²) in [6, 6.07) is 10.5. The van der Waals surface area contributed by atoms with Crippen molar-refractivity contribution in [1.82, 2.24) is 5.01 Å². The number of hydrogen-bond acceptors (Lipinski definition) is 7. The van der Waals surface area contributed by atoms with E-state index >= 15 is 0 Å². The number of ether oxygens (including phenoxy) is 2. The fraction of sp³-hybridized carbons (Fsp3) is 0.263. The van der Waals surface area contributed by atoms with Gasteiger partial charge in [0.1, 0.15) is 11.5 Å². The zero-order chi connectivity index (χ0) is 19.8. The topological polar surface area (TPSA) is 83.8 Å². The van der Waals surface area contributed by atoms with Crippen molar-refractivity contribution in [3.63, 3.8) is 0 Å². The molecule has 2 aromatic rings. The Labute approximate surface area is 166 Å². The molecule has 4 rings (SSSR count). The summed E-state index contributed by atoms with van der Waals surface area (Å²) < 4.78 is 10.3. The predicted octanol–water partition coefficient (Wildman–Crippen LogP) is 2.85. The standard InChI is InChI=1S/C19H17ClN4O4/c1-27-13-6-3-11(4-7-13)10-23-17-16(21-22-23)18(25)24(19(17)26)12-5-8-15(28-2)14(20)9-12/h3-9,16-17H,10H2,1-2H3. The van der Waals surface area contributed by atoms with Crippen molar-refractivity contribution in [3.05, 3.63) is 53.1 Å². The maximum Gasteiger partial charge on any atom is 0.263 e. The Kier molecular flexibility index (Phi) is 4.64. The lowest BCUT2D eigenvalue weighted by Crippen LogP contribution is -2.39. The smallest absolute Gasteiger partial charge is 0.263 e. The Morgan fingerprint density at radius 3 is 2.43 bits per heavy atom. The number of fused-ring (bicyclic) bond motifs is 1. The van der Waals surface area contributed by atoms with Gasteiger partial charge in [-0.3, -0.25) is 14.6 Å². The molecular weight excluding hydrogens is 384 g/mol. The van der Waals surface area contributed by atoms with Gasteiger partial charge < -0.3 is 9.47 Å². The molecule has 0 N–H and O–H groups in total. The zero-order valence-corrected chi connectivity index (χ0v) is 16.0. The van der Waals surface area contributed by atoms with E-state index in [9.17, 15) is 9.59 Å². The lowest BCUT2D eigenvalue weighted by atomic mass is 10.1. The number of hydrogen-bond donors (Lipinski definition) is 0. The van der Waals surface area contributed by atoms with Crippen LogP contribution in [0.1, 0.15) is 5.56 Å². The number of amides is 2. The minimum Gasteiger partial charge on any atom is -0.497 e. The number of anilines is 1. The van der Waals surface area contributed by atoms with Gasteiger partial charge in [0.2, 0.25) is 0 Å². The highest BCUT2D eigenvalue weighted by molar-refractivity contribution is 6.33. The second kappa shape index (κ2) is 7.12. The van der Waals surface area contributed by atoms with Crippen LogP contribution in [0, 0.1) is 0 Å². The molecule has 2 amide bonds. The summed E-state index contributed by atoms with van der Waals surface area (Å²) in [5.41, 5.74) is 1.31.